The first kappa shape index (κ1) is 9.44. The predicted octanol–water partition coefficient (Wildman–Crippen LogP) is 1.15. The van der Waals surface area contributed by atoms with Crippen LogP contribution in [0.2, 0.25) is 0 Å². The van der Waals surface area contributed by atoms with Gasteiger partial charge in [0.05, 0.1) is 6.10 Å². The zero-order chi connectivity index (χ0) is 9.10. The van der Waals surface area contributed by atoms with Crippen LogP contribution >= 0.6 is 0 Å². The second-order valence-electron chi connectivity index (χ2n) is 4.15. The Kier molecular flexibility index (Phi) is 3.19. The Hall–Kier alpha value is -0.120. The average molecular weight is 184 g/mol. The van der Waals surface area contributed by atoms with E-state index >= 15 is 0 Å². The molecule has 1 N–H and O–H groups in total. The summed E-state index contributed by atoms with van der Waals surface area (Å²) in [6, 6.07) is 0.554. The quantitative estimate of drug-likeness (QED) is 0.697. The van der Waals surface area contributed by atoms with E-state index in [4.69, 9.17) is 4.74 Å². The highest BCUT2D eigenvalue weighted by Crippen LogP contribution is 2.14. The molecule has 13 heavy (non-hydrogen) atoms. The smallest absolute Gasteiger partial charge is 0.0714 e. The van der Waals surface area contributed by atoms with Gasteiger partial charge in [0.25, 0.3) is 0 Å². The third-order valence-corrected chi connectivity index (χ3v) is 3.08. The van der Waals surface area contributed by atoms with Crippen molar-refractivity contribution in [1.82, 2.24) is 10.4 Å². The molecule has 2 saturated heterocycles. The summed E-state index contributed by atoms with van der Waals surface area (Å²) in [6.07, 6.45) is 5.64. The van der Waals surface area contributed by atoms with Crippen molar-refractivity contribution in [2.24, 2.45) is 0 Å². The molecule has 76 valence electrons. The number of nitrogens with zero attached hydrogens (tertiary/aromatic N) is 1. The minimum Gasteiger partial charge on any atom is -0.377 e. The van der Waals surface area contributed by atoms with Gasteiger partial charge in [0.15, 0.2) is 0 Å². The summed E-state index contributed by atoms with van der Waals surface area (Å²) in [7, 11) is 0. The fourth-order valence-electron chi connectivity index (χ4n) is 2.16. The second-order valence-corrected chi connectivity index (χ2v) is 4.15. The van der Waals surface area contributed by atoms with E-state index in [0.29, 0.717) is 12.1 Å². The van der Waals surface area contributed by atoms with Crippen LogP contribution in [0.5, 0.6) is 0 Å². The van der Waals surface area contributed by atoms with Gasteiger partial charge in [0.2, 0.25) is 0 Å². The van der Waals surface area contributed by atoms with Crippen molar-refractivity contribution >= 4 is 0 Å². The van der Waals surface area contributed by atoms with E-state index in [2.05, 4.69) is 17.4 Å². The Balaban J connectivity index is 1.75. The van der Waals surface area contributed by atoms with E-state index < -0.39 is 0 Å². The minimum atomic E-state index is 0.391. The van der Waals surface area contributed by atoms with Crippen LogP contribution in [-0.4, -0.2) is 36.9 Å². The first-order valence-corrected chi connectivity index (χ1v) is 5.49. The Morgan fingerprint density at radius 3 is 2.62 bits per heavy atom. The third-order valence-electron chi connectivity index (χ3n) is 3.08. The average Bonchev–Trinajstić information content (AvgIpc) is 2.54. The number of hydrogen-bond acceptors (Lipinski definition) is 3. The molecule has 2 rings (SSSR count). The number of rotatable bonds is 2. The molecule has 0 aromatic heterocycles. The molecule has 3 heteroatoms. The molecule has 0 aromatic carbocycles. The van der Waals surface area contributed by atoms with Crippen molar-refractivity contribution < 1.29 is 4.74 Å². The van der Waals surface area contributed by atoms with Gasteiger partial charge in [-0.05, 0) is 26.2 Å². The minimum absolute atomic E-state index is 0.391. The van der Waals surface area contributed by atoms with Crippen LogP contribution in [0.4, 0.5) is 0 Å². The third kappa shape index (κ3) is 2.42. The summed E-state index contributed by atoms with van der Waals surface area (Å²) >= 11 is 0. The summed E-state index contributed by atoms with van der Waals surface area (Å²) in [4.78, 5) is 0. The molecule has 0 bridgehead atoms. The van der Waals surface area contributed by atoms with Gasteiger partial charge in [0, 0.05) is 25.7 Å². The summed E-state index contributed by atoms with van der Waals surface area (Å²) in [5.74, 6) is 0. The lowest BCUT2D eigenvalue weighted by atomic mass is 10.1. The SMILES string of the molecule is CC1OCCC1NN1CCCCC1. The van der Waals surface area contributed by atoms with E-state index in [0.717, 1.165) is 13.0 Å². The molecule has 2 atom stereocenters. The predicted molar refractivity (Wildman–Crippen MR) is 52.4 cm³/mol. The van der Waals surface area contributed by atoms with Gasteiger partial charge in [-0.25, -0.2) is 10.4 Å². The van der Waals surface area contributed by atoms with Crippen LogP contribution in [0.25, 0.3) is 0 Å². The number of ether oxygens (including phenoxy) is 1. The first-order valence-electron chi connectivity index (χ1n) is 5.49. The maximum absolute atomic E-state index is 5.52. The van der Waals surface area contributed by atoms with Crippen molar-refractivity contribution in [2.75, 3.05) is 19.7 Å². The molecule has 0 aliphatic carbocycles. The summed E-state index contributed by atoms with van der Waals surface area (Å²) < 4.78 is 5.52. The van der Waals surface area contributed by atoms with Gasteiger partial charge in [-0.15, -0.1) is 0 Å². The van der Waals surface area contributed by atoms with Crippen molar-refractivity contribution in [3.8, 4) is 0 Å². The highest BCUT2D eigenvalue weighted by atomic mass is 16.5. The number of nitrogens with one attached hydrogen (secondary N) is 1. The van der Waals surface area contributed by atoms with E-state index in [9.17, 15) is 0 Å². The molecular weight excluding hydrogens is 164 g/mol. The molecule has 0 aromatic rings. The molecule has 0 amide bonds. The van der Waals surface area contributed by atoms with Crippen LogP contribution in [-0.2, 0) is 4.74 Å². The topological polar surface area (TPSA) is 24.5 Å². The van der Waals surface area contributed by atoms with E-state index in [-0.39, 0.29) is 0 Å². The lowest BCUT2D eigenvalue weighted by Crippen LogP contribution is -2.49. The van der Waals surface area contributed by atoms with Crippen molar-refractivity contribution in [3.63, 3.8) is 0 Å². The Labute approximate surface area is 80.4 Å². The standard InChI is InChI=1S/C10H20N2O/c1-9-10(5-8-13-9)11-12-6-3-2-4-7-12/h9-11H,2-8H2,1H3. The van der Waals surface area contributed by atoms with E-state index in [1.54, 1.807) is 0 Å². The number of piperidine rings is 1. The maximum atomic E-state index is 5.52. The van der Waals surface area contributed by atoms with Crippen LogP contribution in [0.15, 0.2) is 0 Å². The molecule has 2 aliphatic heterocycles. The molecular formula is C10H20N2O. The van der Waals surface area contributed by atoms with Crippen LogP contribution in [0.1, 0.15) is 32.6 Å². The number of hydrazine groups is 1. The molecule has 3 nitrogen and oxygen atoms in total. The fraction of sp³-hybridized carbons (Fsp3) is 1.00. The Morgan fingerprint density at radius 2 is 2.00 bits per heavy atom. The van der Waals surface area contributed by atoms with Crippen molar-refractivity contribution in [2.45, 2.75) is 44.8 Å². The highest BCUT2D eigenvalue weighted by Gasteiger charge is 2.25. The van der Waals surface area contributed by atoms with Gasteiger partial charge in [0.1, 0.15) is 0 Å². The van der Waals surface area contributed by atoms with Crippen molar-refractivity contribution in [3.05, 3.63) is 0 Å². The summed E-state index contributed by atoms with van der Waals surface area (Å²) in [5.41, 5.74) is 3.58. The Bertz CT molecular complexity index is 157. The largest absolute Gasteiger partial charge is 0.377 e. The fourth-order valence-corrected chi connectivity index (χ4v) is 2.16. The molecule has 2 unspecified atom stereocenters. The summed E-state index contributed by atoms with van der Waals surface area (Å²) in [6.45, 7) is 5.51. The second kappa shape index (κ2) is 4.40. The van der Waals surface area contributed by atoms with Crippen LogP contribution in [0.3, 0.4) is 0 Å². The monoisotopic (exact) mass is 184 g/mol. The zero-order valence-corrected chi connectivity index (χ0v) is 8.46. The lowest BCUT2D eigenvalue weighted by molar-refractivity contribution is 0.0728. The molecule has 0 spiro atoms. The van der Waals surface area contributed by atoms with Crippen LogP contribution < -0.4 is 5.43 Å². The molecule has 0 saturated carbocycles. The molecule has 2 aliphatic rings. The first-order chi connectivity index (χ1) is 6.36. The zero-order valence-electron chi connectivity index (χ0n) is 8.46. The van der Waals surface area contributed by atoms with E-state index in [1.807, 2.05) is 0 Å². The van der Waals surface area contributed by atoms with Gasteiger partial charge in [-0.3, -0.25) is 0 Å². The van der Waals surface area contributed by atoms with Gasteiger partial charge in [-0.2, -0.15) is 0 Å². The summed E-state index contributed by atoms with van der Waals surface area (Å²) in [5, 5.41) is 2.37. The van der Waals surface area contributed by atoms with Gasteiger partial charge >= 0.3 is 0 Å². The highest BCUT2D eigenvalue weighted by molar-refractivity contribution is 4.78. The molecule has 2 heterocycles. The lowest BCUT2D eigenvalue weighted by Gasteiger charge is -2.31. The normalized spacial score (nSPS) is 36.7. The van der Waals surface area contributed by atoms with Crippen LogP contribution in [0, 0.1) is 0 Å². The van der Waals surface area contributed by atoms with Crippen molar-refractivity contribution in [1.29, 1.82) is 0 Å². The van der Waals surface area contributed by atoms with Gasteiger partial charge in [-0.1, -0.05) is 6.42 Å². The number of hydrogen-bond donors (Lipinski definition) is 1. The molecule has 2 fully saturated rings. The Morgan fingerprint density at radius 1 is 1.23 bits per heavy atom. The van der Waals surface area contributed by atoms with Gasteiger partial charge < -0.3 is 4.74 Å². The molecule has 0 radical (unpaired) electrons. The maximum Gasteiger partial charge on any atom is 0.0714 e. The van der Waals surface area contributed by atoms with E-state index in [1.165, 1.54) is 32.4 Å².